The van der Waals surface area contributed by atoms with Gasteiger partial charge in [0.25, 0.3) is 0 Å². The first-order chi connectivity index (χ1) is 16.9. The Kier molecular flexibility index (Phi) is 9.62. The maximum absolute atomic E-state index is 14.1. The predicted molar refractivity (Wildman–Crippen MR) is 136 cm³/mol. The number of nitriles is 1. The number of nitrogens with zero attached hydrogens (tertiary/aromatic N) is 4. The minimum absolute atomic E-state index is 0.0128. The van der Waals surface area contributed by atoms with Crippen molar-refractivity contribution in [3.05, 3.63) is 59.9 Å². The molecule has 0 spiro atoms. The number of hydrogen-bond acceptors (Lipinski definition) is 5. The Bertz CT molecular complexity index is 1030. The predicted octanol–water partition coefficient (Wildman–Crippen LogP) is 3.87. The summed E-state index contributed by atoms with van der Waals surface area (Å²) >= 11 is 0. The quantitative estimate of drug-likeness (QED) is 0.560. The lowest BCUT2D eigenvalue weighted by molar-refractivity contribution is -0.125. The zero-order valence-corrected chi connectivity index (χ0v) is 20.5. The molecule has 1 unspecified atom stereocenters. The molecule has 3 rings (SSSR count). The summed E-state index contributed by atoms with van der Waals surface area (Å²) in [5.41, 5.74) is 2.36. The van der Waals surface area contributed by atoms with Crippen molar-refractivity contribution in [1.82, 2.24) is 10.2 Å². The largest absolute Gasteiger partial charge is 0.369 e. The van der Waals surface area contributed by atoms with Crippen LogP contribution in [0.2, 0.25) is 0 Å². The molecule has 1 heterocycles. The SMILES string of the molecule is CCN1CCN(c2ccc(F)cc2C(C)NC(=O)CCC(=O)N(CCC#N)c2ccccc2)CC1. The fraction of sp³-hybridized carbons (Fsp3) is 0.444. The summed E-state index contributed by atoms with van der Waals surface area (Å²) < 4.78 is 14.1. The molecule has 1 aliphatic rings. The molecule has 0 saturated carbocycles. The highest BCUT2D eigenvalue weighted by Crippen LogP contribution is 2.28. The van der Waals surface area contributed by atoms with E-state index in [4.69, 9.17) is 5.26 Å². The van der Waals surface area contributed by atoms with Gasteiger partial charge in [0.2, 0.25) is 11.8 Å². The van der Waals surface area contributed by atoms with Gasteiger partial charge in [-0.1, -0.05) is 25.1 Å². The number of carbonyl (C=O) groups is 2. The number of para-hydroxylation sites is 1. The number of carbonyl (C=O) groups excluding carboxylic acids is 2. The highest BCUT2D eigenvalue weighted by atomic mass is 19.1. The first-order valence-corrected chi connectivity index (χ1v) is 12.2. The summed E-state index contributed by atoms with van der Waals surface area (Å²) in [7, 11) is 0. The van der Waals surface area contributed by atoms with Crippen LogP contribution in [0.25, 0.3) is 0 Å². The van der Waals surface area contributed by atoms with Gasteiger partial charge in [-0.25, -0.2) is 4.39 Å². The van der Waals surface area contributed by atoms with E-state index in [0.717, 1.165) is 44.0 Å². The minimum atomic E-state index is -0.406. The molecular formula is C27H34FN5O2. The Morgan fingerprint density at radius 3 is 2.49 bits per heavy atom. The average Bonchev–Trinajstić information content (AvgIpc) is 2.88. The summed E-state index contributed by atoms with van der Waals surface area (Å²) in [5.74, 6) is -0.831. The fourth-order valence-electron chi connectivity index (χ4n) is 4.38. The normalized spacial score (nSPS) is 14.7. The maximum Gasteiger partial charge on any atom is 0.227 e. The summed E-state index contributed by atoms with van der Waals surface area (Å²) in [5, 5.41) is 11.9. The number of piperazine rings is 1. The molecule has 2 aromatic carbocycles. The minimum Gasteiger partial charge on any atom is -0.369 e. The van der Waals surface area contributed by atoms with Crippen LogP contribution >= 0.6 is 0 Å². The van der Waals surface area contributed by atoms with Crippen molar-refractivity contribution in [3.8, 4) is 6.07 Å². The summed E-state index contributed by atoms with van der Waals surface area (Å²) in [4.78, 5) is 31.7. The van der Waals surface area contributed by atoms with E-state index >= 15 is 0 Å². The Morgan fingerprint density at radius 2 is 1.83 bits per heavy atom. The first-order valence-electron chi connectivity index (χ1n) is 12.2. The van der Waals surface area contributed by atoms with Crippen LogP contribution in [-0.2, 0) is 9.59 Å². The van der Waals surface area contributed by atoms with Gasteiger partial charge in [0, 0.05) is 62.5 Å². The molecule has 35 heavy (non-hydrogen) atoms. The lowest BCUT2D eigenvalue weighted by Gasteiger charge is -2.37. The number of benzene rings is 2. The van der Waals surface area contributed by atoms with Gasteiger partial charge in [0.15, 0.2) is 0 Å². The second kappa shape index (κ2) is 12.9. The van der Waals surface area contributed by atoms with E-state index < -0.39 is 6.04 Å². The topological polar surface area (TPSA) is 79.7 Å². The lowest BCUT2D eigenvalue weighted by atomic mass is 10.0. The molecule has 1 N–H and O–H groups in total. The number of likely N-dealkylation sites (N-methyl/N-ethyl adjacent to an activating group) is 1. The van der Waals surface area contributed by atoms with Crippen LogP contribution in [0.15, 0.2) is 48.5 Å². The van der Waals surface area contributed by atoms with Crippen LogP contribution in [0.1, 0.15) is 44.7 Å². The van der Waals surface area contributed by atoms with Crippen LogP contribution in [0.4, 0.5) is 15.8 Å². The maximum atomic E-state index is 14.1. The zero-order chi connectivity index (χ0) is 25.2. The Labute approximate surface area is 207 Å². The second-order valence-electron chi connectivity index (χ2n) is 8.70. The number of nitrogens with one attached hydrogen (secondary N) is 1. The summed E-state index contributed by atoms with van der Waals surface area (Å²) in [6, 6.07) is 15.5. The molecule has 2 amide bonds. The molecule has 7 nitrogen and oxygen atoms in total. The summed E-state index contributed by atoms with van der Waals surface area (Å²) in [6.07, 6.45) is 0.242. The van der Waals surface area contributed by atoms with E-state index in [2.05, 4.69) is 28.1 Å². The monoisotopic (exact) mass is 479 g/mol. The molecule has 0 aliphatic carbocycles. The van der Waals surface area contributed by atoms with Crippen molar-refractivity contribution in [1.29, 1.82) is 5.26 Å². The summed E-state index contributed by atoms with van der Waals surface area (Å²) in [6.45, 7) is 8.84. The third kappa shape index (κ3) is 7.27. The first kappa shape index (κ1) is 26.2. The molecular weight excluding hydrogens is 445 g/mol. The van der Waals surface area contributed by atoms with Gasteiger partial charge in [-0.2, -0.15) is 5.26 Å². The van der Waals surface area contributed by atoms with E-state index in [1.807, 2.05) is 37.3 Å². The van der Waals surface area contributed by atoms with E-state index in [1.54, 1.807) is 11.0 Å². The molecule has 8 heteroatoms. The Balaban J connectivity index is 1.61. The van der Waals surface area contributed by atoms with Crippen LogP contribution < -0.4 is 15.1 Å². The number of amides is 2. The van der Waals surface area contributed by atoms with E-state index in [1.165, 1.54) is 12.1 Å². The van der Waals surface area contributed by atoms with Gasteiger partial charge in [-0.3, -0.25) is 9.59 Å². The molecule has 2 aromatic rings. The van der Waals surface area contributed by atoms with Gasteiger partial charge < -0.3 is 20.0 Å². The van der Waals surface area contributed by atoms with E-state index in [9.17, 15) is 14.0 Å². The van der Waals surface area contributed by atoms with Gasteiger partial charge in [-0.15, -0.1) is 0 Å². The Hall–Kier alpha value is -3.44. The van der Waals surface area contributed by atoms with Gasteiger partial charge in [-0.05, 0) is 43.8 Å². The van der Waals surface area contributed by atoms with Crippen LogP contribution in [0.3, 0.4) is 0 Å². The fourth-order valence-corrected chi connectivity index (χ4v) is 4.38. The van der Waals surface area contributed by atoms with E-state index in [-0.39, 0.29) is 43.4 Å². The van der Waals surface area contributed by atoms with Crippen molar-refractivity contribution < 1.29 is 14.0 Å². The second-order valence-corrected chi connectivity index (χ2v) is 8.70. The van der Waals surface area contributed by atoms with Crippen molar-refractivity contribution in [2.24, 2.45) is 0 Å². The Morgan fingerprint density at radius 1 is 1.11 bits per heavy atom. The molecule has 1 saturated heterocycles. The molecule has 1 aliphatic heterocycles. The van der Waals surface area contributed by atoms with Crippen LogP contribution in [-0.4, -0.2) is 56.0 Å². The van der Waals surface area contributed by atoms with Crippen LogP contribution in [0, 0.1) is 17.1 Å². The number of hydrogen-bond donors (Lipinski definition) is 1. The van der Waals surface area contributed by atoms with Crippen LogP contribution in [0.5, 0.6) is 0 Å². The standard InChI is InChI=1S/C27H34FN5O2/c1-3-31-16-18-32(19-17-31)25-11-10-22(28)20-24(25)21(2)30-26(34)12-13-27(35)33(15-7-14-29)23-8-5-4-6-9-23/h4-6,8-11,20-21H,3,7,12-13,15-19H2,1-2H3,(H,30,34). The van der Waals surface area contributed by atoms with Gasteiger partial charge in [0.05, 0.1) is 18.5 Å². The highest BCUT2D eigenvalue weighted by Gasteiger charge is 2.23. The number of anilines is 2. The number of rotatable bonds is 10. The smallest absolute Gasteiger partial charge is 0.227 e. The van der Waals surface area contributed by atoms with Crippen molar-refractivity contribution >= 4 is 23.2 Å². The molecule has 0 bridgehead atoms. The third-order valence-corrected chi connectivity index (χ3v) is 6.38. The molecule has 0 aromatic heterocycles. The van der Waals surface area contributed by atoms with Crippen molar-refractivity contribution in [3.63, 3.8) is 0 Å². The molecule has 0 radical (unpaired) electrons. The zero-order valence-electron chi connectivity index (χ0n) is 20.5. The average molecular weight is 480 g/mol. The van der Waals surface area contributed by atoms with Gasteiger partial charge in [0.1, 0.15) is 5.82 Å². The molecule has 186 valence electrons. The molecule has 1 atom stereocenters. The lowest BCUT2D eigenvalue weighted by Crippen LogP contribution is -2.46. The highest BCUT2D eigenvalue weighted by molar-refractivity contribution is 5.95. The van der Waals surface area contributed by atoms with Gasteiger partial charge >= 0.3 is 0 Å². The van der Waals surface area contributed by atoms with E-state index in [0.29, 0.717) is 5.69 Å². The van der Waals surface area contributed by atoms with Crippen molar-refractivity contribution in [2.75, 3.05) is 49.1 Å². The molecule has 1 fully saturated rings. The van der Waals surface area contributed by atoms with Crippen molar-refractivity contribution in [2.45, 2.75) is 39.2 Å². The number of halogens is 1. The third-order valence-electron chi connectivity index (χ3n) is 6.38.